The Labute approximate surface area is 163 Å². The van der Waals surface area contributed by atoms with Crippen LogP contribution in [0.1, 0.15) is 10.5 Å². The van der Waals surface area contributed by atoms with Gasteiger partial charge < -0.3 is 15.1 Å². The smallest absolute Gasteiger partial charge is 0.272 e. The summed E-state index contributed by atoms with van der Waals surface area (Å²) < 4.78 is 13.4. The molecule has 6 heteroatoms. The molecular weight excluding hydrogens is 355 g/mol. The predicted octanol–water partition coefficient (Wildman–Crippen LogP) is 3.93. The van der Waals surface area contributed by atoms with E-state index in [-0.39, 0.29) is 11.7 Å². The minimum Gasteiger partial charge on any atom is -0.368 e. The summed E-state index contributed by atoms with van der Waals surface area (Å²) in [7, 11) is 0. The van der Waals surface area contributed by atoms with Crippen molar-refractivity contribution in [2.45, 2.75) is 0 Å². The number of amides is 1. The fourth-order valence-corrected chi connectivity index (χ4v) is 3.33. The highest BCUT2D eigenvalue weighted by atomic mass is 19.1. The zero-order valence-electron chi connectivity index (χ0n) is 15.4. The molecule has 0 aliphatic carbocycles. The van der Waals surface area contributed by atoms with Crippen molar-refractivity contribution in [3.8, 4) is 0 Å². The Hall–Kier alpha value is -3.41. The van der Waals surface area contributed by atoms with Crippen LogP contribution in [0.4, 0.5) is 21.5 Å². The van der Waals surface area contributed by atoms with Crippen LogP contribution in [-0.4, -0.2) is 42.0 Å². The number of carbonyl (C=O) groups excluding carboxylic acids is 1. The lowest BCUT2D eigenvalue weighted by Gasteiger charge is -2.36. The van der Waals surface area contributed by atoms with Gasteiger partial charge in [-0.2, -0.15) is 0 Å². The monoisotopic (exact) mass is 376 g/mol. The number of benzene rings is 2. The van der Waals surface area contributed by atoms with E-state index in [1.165, 1.54) is 17.8 Å². The number of aromatic nitrogens is 1. The van der Waals surface area contributed by atoms with E-state index in [1.807, 2.05) is 23.1 Å². The molecule has 28 heavy (non-hydrogen) atoms. The van der Waals surface area contributed by atoms with Crippen LogP contribution in [0.5, 0.6) is 0 Å². The van der Waals surface area contributed by atoms with Gasteiger partial charge in [-0.25, -0.2) is 4.39 Å². The van der Waals surface area contributed by atoms with Crippen LogP contribution in [0.2, 0.25) is 0 Å². The largest absolute Gasteiger partial charge is 0.368 e. The van der Waals surface area contributed by atoms with E-state index in [2.05, 4.69) is 27.3 Å². The van der Waals surface area contributed by atoms with E-state index >= 15 is 0 Å². The SMILES string of the molecule is O=C(c1cc(Nc2cccc(F)c2)ccn1)N1CCN(c2ccccc2)CC1. The minimum atomic E-state index is -0.313. The number of halogens is 1. The maximum atomic E-state index is 13.4. The van der Waals surface area contributed by atoms with Crippen molar-refractivity contribution in [2.24, 2.45) is 0 Å². The Kier molecular flexibility index (Phi) is 5.19. The molecule has 0 unspecified atom stereocenters. The van der Waals surface area contributed by atoms with Gasteiger partial charge in [0.2, 0.25) is 0 Å². The Bertz CT molecular complexity index is 956. The molecule has 1 saturated heterocycles. The van der Waals surface area contributed by atoms with Crippen LogP contribution in [0.3, 0.4) is 0 Å². The first-order valence-corrected chi connectivity index (χ1v) is 9.27. The molecule has 1 N–H and O–H groups in total. The van der Waals surface area contributed by atoms with Crippen LogP contribution in [0.15, 0.2) is 72.9 Å². The zero-order valence-corrected chi connectivity index (χ0v) is 15.4. The van der Waals surface area contributed by atoms with Crippen molar-refractivity contribution in [1.29, 1.82) is 0 Å². The number of pyridine rings is 1. The fraction of sp³-hybridized carbons (Fsp3) is 0.182. The van der Waals surface area contributed by atoms with Gasteiger partial charge >= 0.3 is 0 Å². The standard InChI is InChI=1S/C22H21FN4O/c23-17-5-4-6-18(15-17)25-19-9-10-24-21(16-19)22(28)27-13-11-26(12-14-27)20-7-2-1-3-8-20/h1-10,15-16H,11-14H2,(H,24,25). The lowest BCUT2D eigenvalue weighted by molar-refractivity contribution is 0.0741. The van der Waals surface area contributed by atoms with E-state index in [1.54, 1.807) is 30.5 Å². The Morgan fingerprint density at radius 1 is 0.893 bits per heavy atom. The lowest BCUT2D eigenvalue weighted by Crippen LogP contribution is -2.49. The molecule has 1 fully saturated rings. The van der Waals surface area contributed by atoms with Gasteiger partial charge in [-0.1, -0.05) is 24.3 Å². The third kappa shape index (κ3) is 4.11. The fourth-order valence-electron chi connectivity index (χ4n) is 3.33. The number of para-hydroxylation sites is 1. The summed E-state index contributed by atoms with van der Waals surface area (Å²) in [6.07, 6.45) is 1.59. The van der Waals surface area contributed by atoms with Crippen LogP contribution < -0.4 is 10.2 Å². The average Bonchev–Trinajstić information content (AvgIpc) is 2.74. The molecule has 5 nitrogen and oxygen atoms in total. The first-order valence-electron chi connectivity index (χ1n) is 9.27. The second kappa shape index (κ2) is 8.08. The number of piperazine rings is 1. The molecule has 0 atom stereocenters. The van der Waals surface area contributed by atoms with E-state index < -0.39 is 0 Å². The van der Waals surface area contributed by atoms with E-state index in [4.69, 9.17) is 0 Å². The van der Waals surface area contributed by atoms with Gasteiger partial charge in [0, 0.05) is 49.4 Å². The second-order valence-corrected chi connectivity index (χ2v) is 6.68. The van der Waals surface area contributed by atoms with E-state index in [0.29, 0.717) is 30.2 Å². The average molecular weight is 376 g/mol. The Balaban J connectivity index is 1.41. The van der Waals surface area contributed by atoms with Crippen LogP contribution in [-0.2, 0) is 0 Å². The molecule has 0 spiro atoms. The molecular formula is C22H21FN4O. The van der Waals surface area contributed by atoms with Gasteiger partial charge in [-0.15, -0.1) is 0 Å². The van der Waals surface area contributed by atoms with Crippen molar-refractivity contribution >= 4 is 23.0 Å². The number of anilines is 3. The summed E-state index contributed by atoms with van der Waals surface area (Å²) >= 11 is 0. The van der Waals surface area contributed by atoms with Gasteiger partial charge in [0.15, 0.2) is 0 Å². The highest BCUT2D eigenvalue weighted by Gasteiger charge is 2.23. The first kappa shape index (κ1) is 18.0. The van der Waals surface area contributed by atoms with Gasteiger partial charge in [0.05, 0.1) is 0 Å². The molecule has 1 aliphatic rings. The van der Waals surface area contributed by atoms with Crippen molar-refractivity contribution in [3.05, 3.63) is 84.4 Å². The summed E-state index contributed by atoms with van der Waals surface area (Å²) in [5.74, 6) is -0.401. The summed E-state index contributed by atoms with van der Waals surface area (Å²) in [6.45, 7) is 2.88. The Morgan fingerprint density at radius 3 is 2.39 bits per heavy atom. The minimum absolute atomic E-state index is 0.0874. The topological polar surface area (TPSA) is 48.5 Å². The maximum Gasteiger partial charge on any atom is 0.272 e. The molecule has 2 heterocycles. The van der Waals surface area contributed by atoms with Crippen molar-refractivity contribution in [3.63, 3.8) is 0 Å². The molecule has 142 valence electrons. The molecule has 3 aromatic rings. The highest BCUT2D eigenvalue weighted by molar-refractivity contribution is 5.93. The summed E-state index contributed by atoms with van der Waals surface area (Å²) in [5, 5.41) is 3.11. The normalized spacial score (nSPS) is 14.0. The van der Waals surface area contributed by atoms with Crippen LogP contribution in [0.25, 0.3) is 0 Å². The second-order valence-electron chi connectivity index (χ2n) is 6.68. The zero-order chi connectivity index (χ0) is 19.3. The molecule has 0 saturated carbocycles. The summed E-state index contributed by atoms with van der Waals surface area (Å²) in [4.78, 5) is 21.2. The highest BCUT2D eigenvalue weighted by Crippen LogP contribution is 2.20. The quantitative estimate of drug-likeness (QED) is 0.750. The molecule has 0 bridgehead atoms. The number of hydrogen-bond donors (Lipinski definition) is 1. The molecule has 2 aromatic carbocycles. The van der Waals surface area contributed by atoms with Crippen molar-refractivity contribution in [1.82, 2.24) is 9.88 Å². The van der Waals surface area contributed by atoms with Gasteiger partial charge in [-0.05, 0) is 42.5 Å². The lowest BCUT2D eigenvalue weighted by atomic mass is 10.2. The number of nitrogens with zero attached hydrogens (tertiary/aromatic N) is 3. The number of hydrogen-bond acceptors (Lipinski definition) is 4. The first-order chi connectivity index (χ1) is 13.7. The van der Waals surface area contributed by atoms with Crippen LogP contribution in [0, 0.1) is 5.82 Å². The molecule has 1 aromatic heterocycles. The maximum absolute atomic E-state index is 13.4. The van der Waals surface area contributed by atoms with Crippen molar-refractivity contribution in [2.75, 3.05) is 36.4 Å². The van der Waals surface area contributed by atoms with E-state index in [9.17, 15) is 9.18 Å². The number of rotatable bonds is 4. The Morgan fingerprint density at radius 2 is 1.64 bits per heavy atom. The van der Waals surface area contributed by atoms with Gasteiger partial charge in [0.25, 0.3) is 5.91 Å². The molecule has 1 amide bonds. The summed E-state index contributed by atoms with van der Waals surface area (Å²) in [5.41, 5.74) is 2.89. The molecule has 1 aliphatic heterocycles. The van der Waals surface area contributed by atoms with Gasteiger partial charge in [-0.3, -0.25) is 9.78 Å². The predicted molar refractivity (Wildman–Crippen MR) is 108 cm³/mol. The van der Waals surface area contributed by atoms with Crippen LogP contribution >= 0.6 is 0 Å². The third-order valence-electron chi connectivity index (χ3n) is 4.78. The van der Waals surface area contributed by atoms with Crippen molar-refractivity contribution < 1.29 is 9.18 Å². The third-order valence-corrected chi connectivity index (χ3v) is 4.78. The molecule has 0 radical (unpaired) electrons. The summed E-state index contributed by atoms with van der Waals surface area (Å²) in [6, 6.07) is 19.9. The van der Waals surface area contributed by atoms with E-state index in [0.717, 1.165) is 13.1 Å². The molecule has 4 rings (SSSR count). The number of carbonyl (C=O) groups is 1. The van der Waals surface area contributed by atoms with Gasteiger partial charge in [0.1, 0.15) is 11.5 Å². The number of nitrogens with one attached hydrogen (secondary N) is 1.